The molecule has 4 heterocycles. The molecule has 0 aromatic rings. The van der Waals surface area contributed by atoms with E-state index in [2.05, 4.69) is 20.8 Å². The monoisotopic (exact) mass is 340 g/mol. The van der Waals surface area contributed by atoms with E-state index in [1.165, 1.54) is 6.42 Å². The number of unbranched alkanes of at least 4 members (excludes halogenated alkanes) is 1. The van der Waals surface area contributed by atoms with Crippen molar-refractivity contribution in [3.63, 3.8) is 0 Å². The summed E-state index contributed by atoms with van der Waals surface area (Å²) in [6.07, 6.45) is 5.87. The van der Waals surface area contributed by atoms with Crippen LogP contribution in [0.1, 0.15) is 66.2 Å². The molecule has 5 rings (SSSR count). The minimum absolute atomic E-state index is 0.210. The lowest BCUT2D eigenvalue weighted by atomic mass is 9.58. The van der Waals surface area contributed by atoms with Gasteiger partial charge in [-0.15, -0.1) is 0 Å². The summed E-state index contributed by atoms with van der Waals surface area (Å²) in [5.74, 6) is 0.954. The van der Waals surface area contributed by atoms with Gasteiger partial charge in [-0.2, -0.15) is 0 Å². The largest absolute Gasteiger partial charge is 0.352 e. The molecule has 5 heteroatoms. The Hall–Kier alpha value is -0.200. The van der Waals surface area contributed by atoms with Crippen molar-refractivity contribution < 1.29 is 24.0 Å². The van der Waals surface area contributed by atoms with Gasteiger partial charge in [0.15, 0.2) is 18.2 Å². The molecule has 1 unspecified atom stereocenters. The van der Waals surface area contributed by atoms with Crippen molar-refractivity contribution in [2.24, 2.45) is 23.7 Å². The summed E-state index contributed by atoms with van der Waals surface area (Å²) in [7, 11) is 0. The molecule has 0 aromatic carbocycles. The van der Waals surface area contributed by atoms with Crippen LogP contribution in [0.4, 0.5) is 0 Å². The van der Waals surface area contributed by atoms with Gasteiger partial charge >= 0.3 is 0 Å². The van der Waals surface area contributed by atoms with Gasteiger partial charge in [-0.3, -0.25) is 0 Å². The zero-order chi connectivity index (χ0) is 16.9. The van der Waals surface area contributed by atoms with Gasteiger partial charge in [0.2, 0.25) is 5.79 Å². The Morgan fingerprint density at radius 2 is 1.92 bits per heavy atom. The van der Waals surface area contributed by atoms with Crippen LogP contribution >= 0.6 is 0 Å². The second kappa shape index (κ2) is 6.20. The van der Waals surface area contributed by atoms with Gasteiger partial charge in [0.05, 0.1) is 0 Å². The molecule has 0 radical (unpaired) electrons. The van der Waals surface area contributed by atoms with Crippen molar-refractivity contribution in [2.45, 2.75) is 90.2 Å². The highest BCUT2D eigenvalue weighted by Gasteiger charge is 2.69. The summed E-state index contributed by atoms with van der Waals surface area (Å²) in [5.41, 5.74) is -0.474. The van der Waals surface area contributed by atoms with Crippen molar-refractivity contribution in [1.82, 2.24) is 0 Å². The van der Waals surface area contributed by atoms with Crippen molar-refractivity contribution in [3.05, 3.63) is 0 Å². The maximum absolute atomic E-state index is 6.35. The molecule has 138 valence electrons. The topological polar surface area (TPSA) is 46.2 Å². The molecule has 1 saturated carbocycles. The van der Waals surface area contributed by atoms with Gasteiger partial charge in [0, 0.05) is 24.9 Å². The van der Waals surface area contributed by atoms with Crippen molar-refractivity contribution in [2.75, 3.05) is 6.61 Å². The molecule has 5 aliphatic rings. The molecule has 0 aromatic heterocycles. The van der Waals surface area contributed by atoms with E-state index in [1.54, 1.807) is 0 Å². The van der Waals surface area contributed by atoms with E-state index in [9.17, 15) is 0 Å². The van der Waals surface area contributed by atoms with Crippen LogP contribution in [-0.2, 0) is 24.0 Å². The Bertz CT molecular complexity index is 471. The molecule has 5 nitrogen and oxygen atoms in total. The van der Waals surface area contributed by atoms with E-state index in [1.807, 2.05) is 6.92 Å². The lowest BCUT2D eigenvalue weighted by Gasteiger charge is -2.60. The Morgan fingerprint density at radius 3 is 2.71 bits per heavy atom. The highest BCUT2D eigenvalue weighted by molar-refractivity contribution is 5.09. The van der Waals surface area contributed by atoms with Crippen LogP contribution < -0.4 is 0 Å². The summed E-state index contributed by atoms with van der Waals surface area (Å²) < 4.78 is 18.7. The molecule has 24 heavy (non-hydrogen) atoms. The summed E-state index contributed by atoms with van der Waals surface area (Å²) in [6, 6.07) is 0. The molecular weight excluding hydrogens is 308 g/mol. The SMILES string of the molecule is CCCCO[C@H]1O[C@@H]2OC3(C)CC[C@H]4[C@H](C)CC[C@@H]([C@H]1C)[C@@]24OO3. The van der Waals surface area contributed by atoms with Crippen LogP contribution in [0.25, 0.3) is 0 Å². The molecule has 0 amide bonds. The lowest BCUT2D eigenvalue weighted by Crippen LogP contribution is -2.70. The summed E-state index contributed by atoms with van der Waals surface area (Å²) >= 11 is 0. The molecule has 8 atom stereocenters. The average molecular weight is 340 g/mol. The van der Waals surface area contributed by atoms with E-state index < -0.39 is 11.4 Å². The normalized spacial score (nSPS) is 53.5. The van der Waals surface area contributed by atoms with Gasteiger partial charge in [-0.05, 0) is 44.4 Å². The quantitative estimate of drug-likeness (QED) is 0.571. The van der Waals surface area contributed by atoms with Crippen LogP contribution in [0.2, 0.25) is 0 Å². The van der Waals surface area contributed by atoms with E-state index in [-0.39, 0.29) is 18.5 Å². The predicted octanol–water partition coefficient (Wildman–Crippen LogP) is 4.01. The second-order valence-corrected chi connectivity index (χ2v) is 8.50. The Kier molecular flexibility index (Phi) is 4.45. The molecular formula is C19H32O5. The number of ether oxygens (including phenoxy) is 3. The standard InChI is InChI=1S/C19H32O5/c1-5-6-11-20-16-13(3)15-8-7-12(2)14-9-10-18(4)22-17(21-16)19(14,15)24-23-18/h12-17H,5-11H2,1-4H3/t12-,13-,14+,15+,16+,17-,18?,19-/m1/s1. The van der Waals surface area contributed by atoms with Gasteiger partial charge in [-0.25, -0.2) is 9.78 Å². The lowest BCUT2D eigenvalue weighted by molar-refractivity contribution is -0.577. The highest BCUT2D eigenvalue weighted by atomic mass is 17.3. The zero-order valence-electron chi connectivity index (χ0n) is 15.5. The average Bonchev–Trinajstić information content (AvgIpc) is 2.78. The third-order valence-corrected chi connectivity index (χ3v) is 6.88. The fourth-order valence-electron chi connectivity index (χ4n) is 5.41. The smallest absolute Gasteiger partial charge is 0.201 e. The van der Waals surface area contributed by atoms with Gasteiger partial charge < -0.3 is 14.2 Å². The molecule has 0 N–H and O–H groups in total. The first-order valence-corrected chi connectivity index (χ1v) is 9.82. The number of fused-ring (bicyclic) bond motifs is 2. The highest BCUT2D eigenvalue weighted by Crippen LogP contribution is 2.60. The molecule has 2 bridgehead atoms. The predicted molar refractivity (Wildman–Crippen MR) is 87.7 cm³/mol. The zero-order valence-corrected chi connectivity index (χ0v) is 15.5. The van der Waals surface area contributed by atoms with Crippen molar-refractivity contribution in [1.29, 1.82) is 0 Å². The van der Waals surface area contributed by atoms with Crippen molar-refractivity contribution >= 4 is 0 Å². The maximum Gasteiger partial charge on any atom is 0.201 e. The van der Waals surface area contributed by atoms with Gasteiger partial charge in [0.25, 0.3) is 0 Å². The number of rotatable bonds is 4. The molecule has 4 saturated heterocycles. The Balaban J connectivity index is 1.64. The van der Waals surface area contributed by atoms with Gasteiger partial charge in [0.1, 0.15) is 0 Å². The Morgan fingerprint density at radius 1 is 1.08 bits per heavy atom. The molecule has 1 aliphatic carbocycles. The van der Waals surface area contributed by atoms with Crippen LogP contribution in [0.3, 0.4) is 0 Å². The van der Waals surface area contributed by atoms with E-state index >= 15 is 0 Å². The molecule has 5 fully saturated rings. The second-order valence-electron chi connectivity index (χ2n) is 8.50. The third-order valence-electron chi connectivity index (χ3n) is 6.88. The minimum Gasteiger partial charge on any atom is -0.352 e. The van der Waals surface area contributed by atoms with Crippen LogP contribution in [-0.4, -0.2) is 30.6 Å². The van der Waals surface area contributed by atoms with E-state index in [0.29, 0.717) is 17.8 Å². The van der Waals surface area contributed by atoms with Crippen molar-refractivity contribution in [3.8, 4) is 0 Å². The van der Waals surface area contributed by atoms with Crippen LogP contribution in [0.5, 0.6) is 0 Å². The first-order valence-electron chi connectivity index (χ1n) is 9.82. The first-order chi connectivity index (χ1) is 11.5. The first kappa shape index (κ1) is 17.2. The van der Waals surface area contributed by atoms with E-state index in [0.717, 1.165) is 38.7 Å². The minimum atomic E-state index is -0.702. The fourth-order valence-corrected chi connectivity index (χ4v) is 5.41. The fraction of sp³-hybridized carbons (Fsp3) is 1.00. The number of hydrogen-bond acceptors (Lipinski definition) is 5. The summed E-state index contributed by atoms with van der Waals surface area (Å²) in [5, 5.41) is 0. The Labute approximate surface area is 145 Å². The van der Waals surface area contributed by atoms with E-state index in [4.69, 9.17) is 24.0 Å². The molecule has 1 spiro atoms. The number of hydrogen-bond donors (Lipinski definition) is 0. The van der Waals surface area contributed by atoms with Crippen LogP contribution in [0, 0.1) is 23.7 Å². The summed E-state index contributed by atoms with van der Waals surface area (Å²) in [6.45, 7) is 9.46. The van der Waals surface area contributed by atoms with Crippen LogP contribution in [0.15, 0.2) is 0 Å². The molecule has 4 aliphatic heterocycles. The maximum atomic E-state index is 6.35. The van der Waals surface area contributed by atoms with Gasteiger partial charge in [-0.1, -0.05) is 27.2 Å². The third kappa shape index (κ3) is 2.47. The summed E-state index contributed by atoms with van der Waals surface area (Å²) in [4.78, 5) is 11.9.